The Kier molecular flexibility index (Phi) is 3.29. The molecule has 0 unspecified atom stereocenters. The second-order valence-corrected chi connectivity index (χ2v) is 7.69. The molecule has 0 bridgehead atoms. The van der Waals surface area contributed by atoms with Gasteiger partial charge in [-0.2, -0.15) is 0 Å². The van der Waals surface area contributed by atoms with Crippen LogP contribution in [0.4, 0.5) is 5.69 Å². The Balaban J connectivity index is 2.31. The molecule has 0 amide bonds. The molecule has 0 atom stereocenters. The Hall–Kier alpha value is -2.21. The second kappa shape index (κ2) is 4.91. The zero-order valence-corrected chi connectivity index (χ0v) is 13.4. The molecule has 0 saturated heterocycles. The molecule has 114 valence electrons. The topological polar surface area (TPSA) is 76.0 Å². The van der Waals surface area contributed by atoms with E-state index >= 15 is 0 Å². The number of nitrogens with one attached hydrogen (secondary N) is 1. The van der Waals surface area contributed by atoms with E-state index in [1.165, 1.54) is 23.1 Å². The second-order valence-electron chi connectivity index (χ2n) is 6.63. The molecule has 0 aliphatic carbocycles. The lowest BCUT2D eigenvalue weighted by atomic mass is 9.88. The van der Waals surface area contributed by atoms with Crippen LogP contribution in [0.2, 0.25) is 0 Å². The SMILES string of the molecule is CC(C)(C)Cc1ccc2c(c1)sc1c(=O)[nH]cc([N+](=O)[O-])c12. The lowest BCUT2D eigenvalue weighted by molar-refractivity contribution is -0.383. The van der Waals surface area contributed by atoms with Crippen molar-refractivity contribution in [2.24, 2.45) is 5.41 Å². The summed E-state index contributed by atoms with van der Waals surface area (Å²) in [7, 11) is 0. The third-order valence-corrected chi connectivity index (χ3v) is 4.64. The third-order valence-electron chi connectivity index (χ3n) is 3.49. The molecule has 3 rings (SSSR count). The minimum Gasteiger partial charge on any atom is -0.322 e. The maximum atomic E-state index is 12.0. The maximum absolute atomic E-state index is 12.0. The summed E-state index contributed by atoms with van der Waals surface area (Å²) in [5, 5.41) is 12.4. The van der Waals surface area contributed by atoms with E-state index in [1.807, 2.05) is 18.2 Å². The predicted octanol–water partition coefficient (Wildman–Crippen LogP) is 4.24. The molecule has 0 aliphatic rings. The van der Waals surface area contributed by atoms with Gasteiger partial charge in [0.25, 0.3) is 11.2 Å². The molecular formula is C16H16N2O3S. The molecule has 0 spiro atoms. The lowest BCUT2D eigenvalue weighted by Crippen LogP contribution is -2.08. The van der Waals surface area contributed by atoms with Gasteiger partial charge in [-0.15, -0.1) is 11.3 Å². The van der Waals surface area contributed by atoms with Crippen molar-refractivity contribution in [2.75, 3.05) is 0 Å². The van der Waals surface area contributed by atoms with Gasteiger partial charge in [-0.25, -0.2) is 0 Å². The summed E-state index contributed by atoms with van der Waals surface area (Å²) in [4.78, 5) is 25.2. The summed E-state index contributed by atoms with van der Waals surface area (Å²) in [5.74, 6) is 0. The number of nitrogens with zero attached hydrogens (tertiary/aromatic N) is 1. The third kappa shape index (κ3) is 2.50. The van der Waals surface area contributed by atoms with Crippen LogP contribution >= 0.6 is 11.3 Å². The van der Waals surface area contributed by atoms with E-state index in [-0.39, 0.29) is 16.7 Å². The Bertz CT molecular complexity index is 948. The number of nitro groups is 1. The summed E-state index contributed by atoms with van der Waals surface area (Å²) in [6.45, 7) is 6.49. The first-order valence-electron chi connectivity index (χ1n) is 6.97. The first kappa shape index (κ1) is 14.7. The normalized spacial score (nSPS) is 12.1. The standard InChI is InChI=1S/C16H16N2O3S/c1-16(2,3)7-9-4-5-10-12(6-9)22-14-13(10)11(18(20)21)8-17-15(14)19/h4-6,8H,7H2,1-3H3,(H,17,19). The summed E-state index contributed by atoms with van der Waals surface area (Å²) < 4.78 is 1.33. The zero-order valence-electron chi connectivity index (χ0n) is 12.6. The van der Waals surface area contributed by atoms with Crippen LogP contribution in [0.1, 0.15) is 26.3 Å². The summed E-state index contributed by atoms with van der Waals surface area (Å²) in [6, 6.07) is 5.92. The molecule has 1 N–H and O–H groups in total. The number of benzene rings is 1. The highest BCUT2D eigenvalue weighted by atomic mass is 32.1. The average Bonchev–Trinajstić information content (AvgIpc) is 2.76. The highest BCUT2D eigenvalue weighted by Gasteiger charge is 2.20. The van der Waals surface area contributed by atoms with Gasteiger partial charge in [0.05, 0.1) is 16.5 Å². The molecule has 22 heavy (non-hydrogen) atoms. The molecule has 1 aromatic carbocycles. The minimum atomic E-state index is -0.451. The number of rotatable bonds is 2. The Morgan fingerprint density at radius 1 is 1.32 bits per heavy atom. The van der Waals surface area contributed by atoms with Gasteiger partial charge in [0.2, 0.25) is 0 Å². The number of hydrogen-bond acceptors (Lipinski definition) is 4. The molecule has 0 fully saturated rings. The quantitative estimate of drug-likeness (QED) is 0.567. The van der Waals surface area contributed by atoms with Crippen molar-refractivity contribution in [3.8, 4) is 0 Å². The van der Waals surface area contributed by atoms with Crippen LogP contribution < -0.4 is 5.56 Å². The molecule has 2 aromatic heterocycles. The lowest BCUT2D eigenvalue weighted by Gasteiger charge is -2.17. The van der Waals surface area contributed by atoms with Gasteiger partial charge in [0.15, 0.2) is 0 Å². The molecule has 3 aromatic rings. The van der Waals surface area contributed by atoms with Gasteiger partial charge in [0, 0.05) is 10.1 Å². The van der Waals surface area contributed by atoms with Crippen molar-refractivity contribution in [3.63, 3.8) is 0 Å². The van der Waals surface area contributed by atoms with Crippen LogP contribution in [-0.4, -0.2) is 9.91 Å². The van der Waals surface area contributed by atoms with Crippen molar-refractivity contribution in [2.45, 2.75) is 27.2 Å². The van der Waals surface area contributed by atoms with E-state index in [1.54, 1.807) is 0 Å². The first-order valence-corrected chi connectivity index (χ1v) is 7.79. The highest BCUT2D eigenvalue weighted by molar-refractivity contribution is 7.25. The molecule has 5 nitrogen and oxygen atoms in total. The van der Waals surface area contributed by atoms with Gasteiger partial charge in [-0.3, -0.25) is 14.9 Å². The zero-order chi connectivity index (χ0) is 16.1. The molecule has 2 heterocycles. The molecule has 0 aliphatic heterocycles. The predicted molar refractivity (Wildman–Crippen MR) is 89.8 cm³/mol. The van der Waals surface area contributed by atoms with Crippen molar-refractivity contribution in [3.05, 3.63) is 50.4 Å². The van der Waals surface area contributed by atoms with Crippen molar-refractivity contribution < 1.29 is 4.92 Å². The molecule has 6 heteroatoms. The largest absolute Gasteiger partial charge is 0.322 e. The first-order chi connectivity index (χ1) is 10.3. The van der Waals surface area contributed by atoms with E-state index in [0.717, 1.165) is 16.5 Å². The van der Waals surface area contributed by atoms with Crippen LogP contribution in [0.5, 0.6) is 0 Å². The molecular weight excluding hydrogens is 300 g/mol. The Morgan fingerprint density at radius 3 is 2.68 bits per heavy atom. The summed E-state index contributed by atoms with van der Waals surface area (Å²) >= 11 is 1.31. The van der Waals surface area contributed by atoms with E-state index in [2.05, 4.69) is 25.8 Å². The highest BCUT2D eigenvalue weighted by Crippen LogP contribution is 2.37. The number of aromatic nitrogens is 1. The molecule has 0 radical (unpaired) electrons. The average molecular weight is 316 g/mol. The van der Waals surface area contributed by atoms with Crippen LogP contribution in [0, 0.1) is 15.5 Å². The number of aromatic amines is 1. The van der Waals surface area contributed by atoms with Gasteiger partial charge in [-0.05, 0) is 23.5 Å². The fourth-order valence-corrected chi connectivity index (χ4v) is 3.87. The van der Waals surface area contributed by atoms with E-state index in [0.29, 0.717) is 10.1 Å². The van der Waals surface area contributed by atoms with E-state index in [9.17, 15) is 14.9 Å². The van der Waals surface area contributed by atoms with Crippen molar-refractivity contribution in [1.29, 1.82) is 0 Å². The van der Waals surface area contributed by atoms with Gasteiger partial charge in [-0.1, -0.05) is 32.9 Å². The minimum absolute atomic E-state index is 0.0515. The van der Waals surface area contributed by atoms with Crippen LogP contribution in [-0.2, 0) is 6.42 Å². The van der Waals surface area contributed by atoms with Crippen LogP contribution in [0.25, 0.3) is 20.2 Å². The van der Waals surface area contributed by atoms with Crippen LogP contribution in [0.15, 0.2) is 29.2 Å². The Labute approximate surface area is 130 Å². The van der Waals surface area contributed by atoms with Gasteiger partial charge in [0.1, 0.15) is 4.70 Å². The van der Waals surface area contributed by atoms with Crippen LogP contribution in [0.3, 0.4) is 0 Å². The number of fused-ring (bicyclic) bond motifs is 3. The van der Waals surface area contributed by atoms with Gasteiger partial charge < -0.3 is 4.98 Å². The fraction of sp³-hybridized carbons (Fsp3) is 0.312. The van der Waals surface area contributed by atoms with Crippen molar-refractivity contribution >= 4 is 37.2 Å². The van der Waals surface area contributed by atoms with Crippen molar-refractivity contribution in [1.82, 2.24) is 4.98 Å². The Morgan fingerprint density at radius 2 is 2.05 bits per heavy atom. The number of hydrogen-bond donors (Lipinski definition) is 1. The van der Waals surface area contributed by atoms with E-state index < -0.39 is 4.92 Å². The summed E-state index contributed by atoms with van der Waals surface area (Å²) in [6.07, 6.45) is 2.09. The summed E-state index contributed by atoms with van der Waals surface area (Å²) in [5.41, 5.74) is 1.00. The smallest absolute Gasteiger partial charge is 0.294 e. The fourth-order valence-electron chi connectivity index (χ4n) is 2.69. The molecule has 0 saturated carbocycles. The number of H-pyrrole nitrogens is 1. The monoisotopic (exact) mass is 316 g/mol. The number of pyridine rings is 1. The number of thiophene rings is 1. The van der Waals surface area contributed by atoms with Gasteiger partial charge >= 0.3 is 0 Å². The van der Waals surface area contributed by atoms with E-state index in [4.69, 9.17) is 0 Å². The maximum Gasteiger partial charge on any atom is 0.294 e.